The molecular weight excluding hydrogens is 235 g/mol. The van der Waals surface area contributed by atoms with Gasteiger partial charge in [0.15, 0.2) is 5.69 Å². The molecule has 5 nitrogen and oxygen atoms in total. The minimum Gasteiger partial charge on any atom is -0.396 e. The Balaban J connectivity index is 2.17. The molecule has 2 heterocycles. The van der Waals surface area contributed by atoms with Crippen LogP contribution in [0.4, 0.5) is 10.1 Å². The third-order valence-electron chi connectivity index (χ3n) is 3.37. The van der Waals surface area contributed by atoms with Crippen LogP contribution in [0.25, 0.3) is 0 Å². The second-order valence-corrected chi connectivity index (χ2v) is 4.73. The normalized spacial score (nSPS) is 20.1. The van der Waals surface area contributed by atoms with Crippen molar-refractivity contribution in [1.29, 1.82) is 0 Å². The molecule has 0 spiro atoms. The molecule has 2 rings (SSSR count). The van der Waals surface area contributed by atoms with Crippen LogP contribution in [0.15, 0.2) is 6.20 Å². The SMILES string of the molecule is CC1CCCCN1C(=O)c1nn(CCF)cc1N. The number of nitrogens with two attached hydrogens (primary N) is 1. The van der Waals surface area contributed by atoms with Crippen molar-refractivity contribution in [2.45, 2.75) is 38.8 Å². The Bertz CT molecular complexity index is 432. The van der Waals surface area contributed by atoms with Crippen molar-refractivity contribution >= 4 is 11.6 Å². The van der Waals surface area contributed by atoms with Gasteiger partial charge in [-0.1, -0.05) is 0 Å². The Morgan fingerprint density at radius 3 is 3.06 bits per heavy atom. The van der Waals surface area contributed by atoms with E-state index in [0.717, 1.165) is 25.8 Å². The summed E-state index contributed by atoms with van der Waals surface area (Å²) in [7, 11) is 0. The molecule has 100 valence electrons. The molecule has 1 unspecified atom stereocenters. The Morgan fingerprint density at radius 2 is 2.39 bits per heavy atom. The van der Waals surface area contributed by atoms with Crippen LogP contribution < -0.4 is 5.73 Å². The average molecular weight is 254 g/mol. The van der Waals surface area contributed by atoms with Crippen LogP contribution in [-0.4, -0.2) is 39.8 Å². The molecule has 2 N–H and O–H groups in total. The van der Waals surface area contributed by atoms with Gasteiger partial charge in [-0.15, -0.1) is 0 Å². The number of carbonyl (C=O) groups excluding carboxylic acids is 1. The van der Waals surface area contributed by atoms with E-state index in [1.807, 2.05) is 11.8 Å². The summed E-state index contributed by atoms with van der Waals surface area (Å²) >= 11 is 0. The molecule has 18 heavy (non-hydrogen) atoms. The standard InChI is InChI=1S/C12H19FN4O/c1-9-4-2-3-6-17(9)12(18)11-10(14)8-16(15-11)7-5-13/h8-9H,2-7,14H2,1H3. The van der Waals surface area contributed by atoms with E-state index in [1.165, 1.54) is 10.9 Å². The maximum atomic E-state index is 12.3. The number of hydrogen-bond donors (Lipinski definition) is 1. The highest BCUT2D eigenvalue weighted by molar-refractivity contribution is 5.97. The van der Waals surface area contributed by atoms with Crippen molar-refractivity contribution in [3.05, 3.63) is 11.9 Å². The molecule has 0 aliphatic carbocycles. The molecule has 1 atom stereocenters. The summed E-state index contributed by atoms with van der Waals surface area (Å²) < 4.78 is 13.6. The summed E-state index contributed by atoms with van der Waals surface area (Å²) in [6, 6.07) is 0.219. The quantitative estimate of drug-likeness (QED) is 0.888. The minimum atomic E-state index is -0.519. The Morgan fingerprint density at radius 1 is 1.61 bits per heavy atom. The highest BCUT2D eigenvalue weighted by Gasteiger charge is 2.27. The topological polar surface area (TPSA) is 64.2 Å². The lowest BCUT2D eigenvalue weighted by atomic mass is 10.0. The van der Waals surface area contributed by atoms with E-state index in [0.29, 0.717) is 5.69 Å². The van der Waals surface area contributed by atoms with Gasteiger partial charge in [-0.25, -0.2) is 4.39 Å². The molecule has 6 heteroatoms. The van der Waals surface area contributed by atoms with Gasteiger partial charge in [-0.05, 0) is 26.2 Å². The number of nitrogens with zero attached hydrogens (tertiary/aromatic N) is 3. The first-order valence-electron chi connectivity index (χ1n) is 6.33. The second-order valence-electron chi connectivity index (χ2n) is 4.73. The van der Waals surface area contributed by atoms with E-state index >= 15 is 0 Å². The maximum absolute atomic E-state index is 12.3. The smallest absolute Gasteiger partial charge is 0.276 e. The summed E-state index contributed by atoms with van der Waals surface area (Å²) in [6.07, 6.45) is 4.69. The van der Waals surface area contributed by atoms with Crippen LogP contribution in [0.2, 0.25) is 0 Å². The number of rotatable bonds is 3. The number of anilines is 1. The zero-order chi connectivity index (χ0) is 13.1. The fourth-order valence-corrected chi connectivity index (χ4v) is 2.34. The molecule has 0 saturated carbocycles. The number of likely N-dealkylation sites (tertiary alicyclic amines) is 1. The van der Waals surface area contributed by atoms with Gasteiger partial charge in [0.05, 0.1) is 12.2 Å². The van der Waals surface area contributed by atoms with E-state index in [1.54, 1.807) is 0 Å². The van der Waals surface area contributed by atoms with Gasteiger partial charge >= 0.3 is 0 Å². The molecule has 1 aliphatic rings. The van der Waals surface area contributed by atoms with E-state index in [-0.39, 0.29) is 24.2 Å². The molecule has 0 radical (unpaired) electrons. The van der Waals surface area contributed by atoms with Crippen LogP contribution in [0.3, 0.4) is 0 Å². The summed E-state index contributed by atoms with van der Waals surface area (Å²) in [5.74, 6) is -0.141. The number of alkyl halides is 1. The first-order valence-corrected chi connectivity index (χ1v) is 6.33. The van der Waals surface area contributed by atoms with Crippen molar-refractivity contribution in [1.82, 2.24) is 14.7 Å². The highest BCUT2D eigenvalue weighted by atomic mass is 19.1. The summed E-state index contributed by atoms with van der Waals surface area (Å²) in [4.78, 5) is 14.1. The average Bonchev–Trinajstić information content (AvgIpc) is 2.71. The molecule has 0 bridgehead atoms. The van der Waals surface area contributed by atoms with Gasteiger partial charge in [0.2, 0.25) is 0 Å². The minimum absolute atomic E-state index is 0.132. The lowest BCUT2D eigenvalue weighted by Gasteiger charge is -2.32. The number of hydrogen-bond acceptors (Lipinski definition) is 3. The molecule has 1 amide bonds. The Kier molecular flexibility index (Phi) is 3.84. The fraction of sp³-hybridized carbons (Fsp3) is 0.667. The van der Waals surface area contributed by atoms with Gasteiger partial charge in [0, 0.05) is 18.8 Å². The molecule has 1 saturated heterocycles. The molecule has 1 aromatic heterocycles. The van der Waals surface area contributed by atoms with Gasteiger partial charge in [-0.3, -0.25) is 9.48 Å². The molecule has 1 aromatic rings. The van der Waals surface area contributed by atoms with Crippen molar-refractivity contribution in [3.8, 4) is 0 Å². The molecular formula is C12H19FN4O. The van der Waals surface area contributed by atoms with Crippen molar-refractivity contribution in [2.75, 3.05) is 19.0 Å². The third-order valence-corrected chi connectivity index (χ3v) is 3.37. The van der Waals surface area contributed by atoms with Gasteiger partial charge in [0.1, 0.15) is 6.67 Å². The second kappa shape index (κ2) is 5.37. The van der Waals surface area contributed by atoms with Crippen LogP contribution in [0.1, 0.15) is 36.7 Å². The van der Waals surface area contributed by atoms with Crippen LogP contribution in [0.5, 0.6) is 0 Å². The zero-order valence-electron chi connectivity index (χ0n) is 10.6. The van der Waals surface area contributed by atoms with Gasteiger partial charge in [-0.2, -0.15) is 5.10 Å². The van der Waals surface area contributed by atoms with E-state index in [4.69, 9.17) is 5.73 Å². The molecule has 0 aromatic carbocycles. The van der Waals surface area contributed by atoms with E-state index in [2.05, 4.69) is 5.10 Å². The number of carbonyl (C=O) groups is 1. The first kappa shape index (κ1) is 12.9. The van der Waals surface area contributed by atoms with Crippen LogP contribution >= 0.6 is 0 Å². The lowest BCUT2D eigenvalue weighted by Crippen LogP contribution is -2.42. The maximum Gasteiger partial charge on any atom is 0.276 e. The van der Waals surface area contributed by atoms with Crippen LogP contribution in [-0.2, 0) is 6.54 Å². The summed E-state index contributed by atoms with van der Waals surface area (Å²) in [5, 5.41) is 4.07. The lowest BCUT2D eigenvalue weighted by molar-refractivity contribution is 0.0629. The predicted molar refractivity (Wildman–Crippen MR) is 67.0 cm³/mol. The monoisotopic (exact) mass is 254 g/mol. The number of aryl methyl sites for hydroxylation is 1. The van der Waals surface area contributed by atoms with Gasteiger partial charge < -0.3 is 10.6 Å². The largest absolute Gasteiger partial charge is 0.396 e. The number of piperidine rings is 1. The zero-order valence-corrected chi connectivity index (χ0v) is 10.6. The summed E-state index contributed by atoms with van der Waals surface area (Å²) in [6.45, 7) is 2.39. The van der Waals surface area contributed by atoms with Crippen molar-refractivity contribution in [3.63, 3.8) is 0 Å². The number of aromatic nitrogens is 2. The molecule has 1 aliphatic heterocycles. The third kappa shape index (κ3) is 2.47. The van der Waals surface area contributed by atoms with E-state index < -0.39 is 6.67 Å². The number of nitrogen functional groups attached to an aromatic ring is 1. The van der Waals surface area contributed by atoms with Crippen molar-refractivity contribution in [2.24, 2.45) is 0 Å². The Labute approximate surface area is 106 Å². The summed E-state index contributed by atoms with van der Waals surface area (Å²) in [5.41, 5.74) is 6.34. The van der Waals surface area contributed by atoms with Crippen molar-refractivity contribution < 1.29 is 9.18 Å². The molecule has 1 fully saturated rings. The predicted octanol–water partition coefficient (Wildman–Crippen LogP) is 1.45. The highest BCUT2D eigenvalue weighted by Crippen LogP contribution is 2.20. The number of halogens is 1. The van der Waals surface area contributed by atoms with Gasteiger partial charge in [0.25, 0.3) is 5.91 Å². The first-order chi connectivity index (χ1) is 8.63. The van der Waals surface area contributed by atoms with E-state index in [9.17, 15) is 9.18 Å². The number of amides is 1. The Hall–Kier alpha value is -1.59. The fourth-order valence-electron chi connectivity index (χ4n) is 2.34. The van der Waals surface area contributed by atoms with Crippen LogP contribution in [0, 0.1) is 0 Å².